The Labute approximate surface area is 89.1 Å². The summed E-state index contributed by atoms with van der Waals surface area (Å²) >= 11 is 3.17. The van der Waals surface area contributed by atoms with Crippen LogP contribution in [0.1, 0.15) is 28.9 Å². The van der Waals surface area contributed by atoms with E-state index in [0.29, 0.717) is 16.6 Å². The molecule has 0 atom stereocenters. The maximum atomic E-state index is 12.4. The van der Waals surface area contributed by atoms with Crippen LogP contribution < -0.4 is 0 Å². The van der Waals surface area contributed by atoms with E-state index < -0.39 is 6.43 Å². The van der Waals surface area contributed by atoms with Crippen LogP contribution in [0.15, 0.2) is 6.07 Å². The fraction of sp³-hybridized carbons (Fsp3) is 0.444. The lowest BCUT2D eigenvalue weighted by Crippen LogP contribution is -2.02. The number of nitrogens with zero attached hydrogens (tertiary/aromatic N) is 1. The molecule has 78 valence electrons. The van der Waals surface area contributed by atoms with Crippen LogP contribution in [-0.4, -0.2) is 10.1 Å². The van der Waals surface area contributed by atoms with E-state index >= 15 is 0 Å². The Hall–Kier alpha value is -0.550. The number of halogens is 3. The number of aliphatic hydroxyl groups excluding tert-OH is 1. The molecule has 2 nitrogen and oxygen atoms in total. The van der Waals surface area contributed by atoms with Gasteiger partial charge in [-0.15, -0.1) is 0 Å². The highest BCUT2D eigenvalue weighted by Gasteiger charge is 2.14. The summed E-state index contributed by atoms with van der Waals surface area (Å²) in [5.74, 6) is 0. The Morgan fingerprint density at radius 3 is 2.64 bits per heavy atom. The molecule has 0 fully saturated rings. The quantitative estimate of drug-likeness (QED) is 0.853. The van der Waals surface area contributed by atoms with Gasteiger partial charge in [-0.25, -0.2) is 8.78 Å². The van der Waals surface area contributed by atoms with Gasteiger partial charge < -0.3 is 5.11 Å². The third kappa shape index (κ3) is 2.27. The lowest BCUT2D eigenvalue weighted by molar-refractivity contribution is 0.145. The number of hydrogen-bond donors (Lipinski definition) is 1. The summed E-state index contributed by atoms with van der Waals surface area (Å²) in [6, 6.07) is 1.24. The van der Waals surface area contributed by atoms with E-state index in [1.54, 1.807) is 6.92 Å². The monoisotopic (exact) mass is 265 g/mol. The molecule has 5 heteroatoms. The minimum absolute atomic E-state index is 0.242. The van der Waals surface area contributed by atoms with E-state index in [-0.39, 0.29) is 12.3 Å². The van der Waals surface area contributed by atoms with Gasteiger partial charge in [0.15, 0.2) is 0 Å². The second kappa shape index (κ2) is 4.79. The minimum Gasteiger partial charge on any atom is -0.392 e. The Morgan fingerprint density at radius 2 is 2.21 bits per heavy atom. The summed E-state index contributed by atoms with van der Waals surface area (Å²) in [5, 5.41) is 9.37. The van der Waals surface area contributed by atoms with Gasteiger partial charge in [0.1, 0.15) is 5.69 Å². The lowest BCUT2D eigenvalue weighted by Gasteiger charge is -2.09. The molecule has 0 aliphatic rings. The molecule has 0 saturated carbocycles. The van der Waals surface area contributed by atoms with Gasteiger partial charge >= 0.3 is 0 Å². The van der Waals surface area contributed by atoms with Crippen LogP contribution in [-0.2, 0) is 11.9 Å². The second-order valence-corrected chi connectivity index (χ2v) is 3.43. The molecule has 0 amide bonds. The van der Waals surface area contributed by atoms with Gasteiger partial charge in [0.2, 0.25) is 0 Å². The van der Waals surface area contributed by atoms with E-state index in [1.807, 2.05) is 0 Å². The highest BCUT2D eigenvalue weighted by Crippen LogP contribution is 2.22. The molecule has 1 rings (SSSR count). The molecule has 0 radical (unpaired) electrons. The van der Waals surface area contributed by atoms with Crippen molar-refractivity contribution in [2.24, 2.45) is 0 Å². The minimum atomic E-state index is -2.60. The number of aliphatic hydroxyl groups is 1. The van der Waals surface area contributed by atoms with E-state index in [9.17, 15) is 8.78 Å². The normalized spacial score (nSPS) is 11.0. The molecule has 0 unspecified atom stereocenters. The average molecular weight is 266 g/mol. The first-order chi connectivity index (χ1) is 6.60. The maximum absolute atomic E-state index is 12.4. The van der Waals surface area contributed by atoms with Crippen LogP contribution in [0.2, 0.25) is 0 Å². The Balaban J connectivity index is 3.25. The number of rotatable bonds is 3. The molecule has 0 aliphatic carbocycles. The van der Waals surface area contributed by atoms with Crippen molar-refractivity contribution in [3.63, 3.8) is 0 Å². The predicted molar refractivity (Wildman–Crippen MR) is 52.5 cm³/mol. The van der Waals surface area contributed by atoms with Crippen LogP contribution in [0.3, 0.4) is 0 Å². The fourth-order valence-corrected chi connectivity index (χ4v) is 1.70. The highest BCUT2D eigenvalue weighted by atomic mass is 79.9. The summed E-state index contributed by atoms with van der Waals surface area (Å²) in [7, 11) is 0. The molecule has 14 heavy (non-hydrogen) atoms. The first-order valence-corrected chi connectivity index (χ1v) is 5.16. The molecule has 1 aromatic rings. The van der Waals surface area contributed by atoms with Gasteiger partial charge in [-0.3, -0.25) is 4.98 Å². The molecule has 1 aromatic heterocycles. The molecular weight excluding hydrogens is 256 g/mol. The van der Waals surface area contributed by atoms with Crippen molar-refractivity contribution in [1.29, 1.82) is 0 Å². The van der Waals surface area contributed by atoms with E-state index in [0.717, 1.165) is 5.56 Å². The standard InChI is InChI=1S/C9H10BrF2NO/c1-5-6(4-14)2-7(9(11)12)13-8(5)3-10/h2,9,14H,3-4H2,1H3. The maximum Gasteiger partial charge on any atom is 0.280 e. The number of alkyl halides is 3. The summed E-state index contributed by atoms with van der Waals surface area (Å²) in [6.07, 6.45) is -2.60. The summed E-state index contributed by atoms with van der Waals surface area (Å²) in [6.45, 7) is 1.51. The van der Waals surface area contributed by atoms with Crippen LogP contribution in [0.4, 0.5) is 8.78 Å². The van der Waals surface area contributed by atoms with Crippen molar-refractivity contribution >= 4 is 15.9 Å². The van der Waals surface area contributed by atoms with Gasteiger partial charge in [0.25, 0.3) is 6.43 Å². The van der Waals surface area contributed by atoms with Crippen LogP contribution in [0, 0.1) is 6.92 Å². The number of aromatic nitrogens is 1. The van der Waals surface area contributed by atoms with E-state index in [1.165, 1.54) is 6.07 Å². The van der Waals surface area contributed by atoms with Crippen molar-refractivity contribution in [2.45, 2.75) is 25.3 Å². The predicted octanol–water partition coefficient (Wildman–Crippen LogP) is 2.71. The van der Waals surface area contributed by atoms with Crippen molar-refractivity contribution in [3.8, 4) is 0 Å². The molecule has 0 aromatic carbocycles. The first kappa shape index (κ1) is 11.5. The highest BCUT2D eigenvalue weighted by molar-refractivity contribution is 9.08. The third-order valence-corrected chi connectivity index (χ3v) is 2.55. The second-order valence-electron chi connectivity index (χ2n) is 2.87. The van der Waals surface area contributed by atoms with Gasteiger partial charge in [-0.1, -0.05) is 15.9 Å². The average Bonchev–Trinajstić information content (AvgIpc) is 2.17. The molecule has 0 aliphatic heterocycles. The zero-order chi connectivity index (χ0) is 10.7. The Morgan fingerprint density at radius 1 is 1.57 bits per heavy atom. The van der Waals surface area contributed by atoms with Crippen molar-refractivity contribution < 1.29 is 13.9 Å². The zero-order valence-corrected chi connectivity index (χ0v) is 9.18. The van der Waals surface area contributed by atoms with E-state index in [2.05, 4.69) is 20.9 Å². The van der Waals surface area contributed by atoms with Gasteiger partial charge in [-0.2, -0.15) is 0 Å². The number of hydrogen-bond acceptors (Lipinski definition) is 2. The summed E-state index contributed by atoms with van der Waals surface area (Å²) in [4.78, 5) is 3.79. The lowest BCUT2D eigenvalue weighted by atomic mass is 10.1. The molecule has 1 N–H and O–H groups in total. The van der Waals surface area contributed by atoms with Crippen LogP contribution >= 0.6 is 15.9 Å². The number of pyridine rings is 1. The summed E-state index contributed by atoms with van der Waals surface area (Å²) < 4.78 is 24.7. The van der Waals surface area contributed by atoms with E-state index in [4.69, 9.17) is 5.11 Å². The van der Waals surface area contributed by atoms with Gasteiger partial charge in [0.05, 0.1) is 12.3 Å². The zero-order valence-electron chi connectivity index (χ0n) is 7.60. The van der Waals surface area contributed by atoms with Crippen LogP contribution in [0.5, 0.6) is 0 Å². The molecular formula is C9H10BrF2NO. The van der Waals surface area contributed by atoms with Gasteiger partial charge in [-0.05, 0) is 24.1 Å². The fourth-order valence-electron chi connectivity index (χ4n) is 1.15. The third-order valence-electron chi connectivity index (χ3n) is 2.02. The smallest absolute Gasteiger partial charge is 0.280 e. The first-order valence-electron chi connectivity index (χ1n) is 4.04. The topological polar surface area (TPSA) is 33.1 Å². The van der Waals surface area contributed by atoms with Crippen molar-refractivity contribution in [3.05, 3.63) is 28.6 Å². The molecule has 0 saturated heterocycles. The Kier molecular flexibility index (Phi) is 3.95. The molecule has 0 spiro atoms. The van der Waals surface area contributed by atoms with Gasteiger partial charge in [0, 0.05) is 5.33 Å². The van der Waals surface area contributed by atoms with Crippen molar-refractivity contribution in [2.75, 3.05) is 0 Å². The summed E-state index contributed by atoms with van der Waals surface area (Å²) in [5.41, 5.74) is 1.53. The Bertz CT molecular complexity index is 306. The largest absolute Gasteiger partial charge is 0.392 e. The van der Waals surface area contributed by atoms with Crippen LogP contribution in [0.25, 0.3) is 0 Å². The SMILES string of the molecule is Cc1c(CO)cc(C(F)F)nc1CBr. The van der Waals surface area contributed by atoms with Crippen molar-refractivity contribution in [1.82, 2.24) is 4.98 Å². The molecule has 1 heterocycles. The molecule has 0 bridgehead atoms.